The Hall–Kier alpha value is -2.26. The zero-order chi connectivity index (χ0) is 19.3. The number of piperazine rings is 1. The molecule has 0 radical (unpaired) electrons. The van der Waals surface area contributed by atoms with Crippen LogP contribution in [-0.4, -0.2) is 69.9 Å². The molecule has 2 aliphatic rings. The smallest absolute Gasteiger partial charge is 0.289 e. The first-order chi connectivity index (χ1) is 13.8. The summed E-state index contributed by atoms with van der Waals surface area (Å²) in [6.45, 7) is 6.92. The molecule has 9 heteroatoms. The number of aromatic nitrogens is 4. The molecule has 2 saturated heterocycles. The van der Waals surface area contributed by atoms with Crippen LogP contribution in [-0.2, 0) is 11.3 Å². The molecule has 4 rings (SSSR count). The van der Waals surface area contributed by atoms with Crippen molar-refractivity contribution in [3.8, 4) is 0 Å². The number of nitrogens with one attached hydrogen (secondary N) is 1. The first-order valence-electron chi connectivity index (χ1n) is 10.3. The Morgan fingerprint density at radius 1 is 1.39 bits per heavy atom. The van der Waals surface area contributed by atoms with Gasteiger partial charge in [0.15, 0.2) is 5.76 Å². The van der Waals surface area contributed by atoms with E-state index >= 15 is 0 Å². The zero-order valence-corrected chi connectivity index (χ0v) is 16.4. The van der Waals surface area contributed by atoms with Gasteiger partial charge in [-0.2, -0.15) is 0 Å². The van der Waals surface area contributed by atoms with Crippen molar-refractivity contribution >= 4 is 5.91 Å². The maximum Gasteiger partial charge on any atom is 0.289 e. The zero-order valence-electron chi connectivity index (χ0n) is 16.4. The number of ether oxygens (including phenoxy) is 1. The first-order valence-corrected chi connectivity index (χ1v) is 10.3. The summed E-state index contributed by atoms with van der Waals surface area (Å²) in [6.07, 6.45) is 6.01. The maximum atomic E-state index is 12.5. The summed E-state index contributed by atoms with van der Waals surface area (Å²) in [4.78, 5) is 15.8. The van der Waals surface area contributed by atoms with Crippen LogP contribution in [0.4, 0.5) is 0 Å². The van der Waals surface area contributed by atoms with E-state index in [1.165, 1.54) is 4.90 Å². The van der Waals surface area contributed by atoms with E-state index < -0.39 is 0 Å². The summed E-state index contributed by atoms with van der Waals surface area (Å²) in [5.74, 6) is 1.33. The van der Waals surface area contributed by atoms with E-state index in [1.54, 1.807) is 18.4 Å². The van der Waals surface area contributed by atoms with Crippen molar-refractivity contribution in [2.45, 2.75) is 51.3 Å². The quantitative estimate of drug-likeness (QED) is 0.734. The molecule has 2 aliphatic heterocycles. The third-order valence-corrected chi connectivity index (χ3v) is 5.77. The highest BCUT2D eigenvalue weighted by Crippen LogP contribution is 2.18. The van der Waals surface area contributed by atoms with Gasteiger partial charge < -0.3 is 19.0 Å². The topological polar surface area (TPSA) is 90.7 Å². The van der Waals surface area contributed by atoms with Gasteiger partial charge in [-0.15, -0.1) is 5.10 Å². The molecule has 2 aromatic heterocycles. The molecule has 0 aliphatic carbocycles. The van der Waals surface area contributed by atoms with Crippen molar-refractivity contribution in [1.82, 2.24) is 25.1 Å². The Balaban J connectivity index is 1.42. The Labute approximate surface area is 164 Å². The summed E-state index contributed by atoms with van der Waals surface area (Å²) in [6, 6.07) is 3.71. The molecule has 0 spiro atoms. The van der Waals surface area contributed by atoms with Gasteiger partial charge in [-0.25, -0.2) is 4.68 Å². The van der Waals surface area contributed by atoms with Gasteiger partial charge in [0.25, 0.3) is 5.91 Å². The number of carbonyl (C=O) groups is 1. The number of hydrogen-bond acceptors (Lipinski definition) is 6. The molecule has 2 fully saturated rings. The highest BCUT2D eigenvalue weighted by atomic mass is 16.5. The molecule has 4 heterocycles. The van der Waals surface area contributed by atoms with Gasteiger partial charge >= 0.3 is 0 Å². The predicted molar refractivity (Wildman–Crippen MR) is 99.7 cm³/mol. The molecule has 2 atom stereocenters. The minimum Gasteiger partial charge on any atom is -0.459 e. The Morgan fingerprint density at radius 3 is 2.93 bits per heavy atom. The van der Waals surface area contributed by atoms with Crippen LogP contribution in [0.2, 0.25) is 0 Å². The molecular weight excluding hydrogens is 360 g/mol. The van der Waals surface area contributed by atoms with E-state index in [0.29, 0.717) is 18.8 Å². The van der Waals surface area contributed by atoms with E-state index in [9.17, 15) is 4.79 Å². The number of hydrogen-bond donors (Lipinski definition) is 1. The fourth-order valence-corrected chi connectivity index (χ4v) is 4.28. The number of rotatable bonds is 7. The predicted octanol–water partition coefficient (Wildman–Crippen LogP) is 0.327. The lowest BCUT2D eigenvalue weighted by molar-refractivity contribution is -0.936. The summed E-state index contributed by atoms with van der Waals surface area (Å²) in [5.41, 5.74) is 0. The standard InChI is InChI=1S/C19H28N6O3/c1-2-5-16(18-20-21-22-25(18)14-15-6-3-12-27-15)23-8-10-24(11-9-23)19(26)17-7-4-13-28-17/h4,7,13,15-16H,2-3,5-6,8-12,14H2,1H3/p+1/t15-,16-/m1/s1. The number of amides is 1. The van der Waals surface area contributed by atoms with Gasteiger partial charge in [0.1, 0.15) is 6.04 Å². The molecule has 152 valence electrons. The monoisotopic (exact) mass is 389 g/mol. The molecule has 9 nitrogen and oxygen atoms in total. The second-order valence-electron chi connectivity index (χ2n) is 7.62. The van der Waals surface area contributed by atoms with Gasteiger partial charge in [0.05, 0.1) is 45.1 Å². The van der Waals surface area contributed by atoms with E-state index in [1.807, 2.05) is 9.58 Å². The first kappa shape index (κ1) is 19.1. The molecule has 2 aromatic rings. The van der Waals surface area contributed by atoms with Crippen molar-refractivity contribution in [3.63, 3.8) is 0 Å². The highest BCUT2D eigenvalue weighted by molar-refractivity contribution is 5.91. The van der Waals surface area contributed by atoms with Crippen LogP contribution in [0, 0.1) is 0 Å². The van der Waals surface area contributed by atoms with Crippen molar-refractivity contribution < 1.29 is 18.8 Å². The Kier molecular flexibility index (Phi) is 6.01. The van der Waals surface area contributed by atoms with Crippen molar-refractivity contribution in [1.29, 1.82) is 0 Å². The van der Waals surface area contributed by atoms with Gasteiger partial charge in [-0.1, -0.05) is 13.3 Å². The Morgan fingerprint density at radius 2 is 2.25 bits per heavy atom. The van der Waals surface area contributed by atoms with Crippen LogP contribution >= 0.6 is 0 Å². The SMILES string of the molecule is CCC[C@H](c1nnnn1C[C@H]1CCCO1)[NH+]1CCN(C(=O)c2ccco2)CC1. The number of quaternary nitrogens is 1. The Bertz CT molecular complexity index is 748. The highest BCUT2D eigenvalue weighted by Gasteiger charge is 2.34. The largest absolute Gasteiger partial charge is 0.459 e. The molecule has 0 aromatic carbocycles. The number of carbonyl (C=O) groups excluding carboxylic acids is 1. The minimum absolute atomic E-state index is 0.0284. The lowest BCUT2D eigenvalue weighted by Crippen LogP contribution is -3.15. The summed E-state index contributed by atoms with van der Waals surface area (Å²) in [7, 11) is 0. The van der Waals surface area contributed by atoms with E-state index in [4.69, 9.17) is 9.15 Å². The van der Waals surface area contributed by atoms with Gasteiger partial charge in [0, 0.05) is 13.0 Å². The van der Waals surface area contributed by atoms with E-state index in [-0.39, 0.29) is 18.1 Å². The average Bonchev–Trinajstić information content (AvgIpc) is 3.49. The second kappa shape index (κ2) is 8.83. The number of tetrazole rings is 1. The lowest BCUT2D eigenvalue weighted by Gasteiger charge is -2.35. The minimum atomic E-state index is -0.0284. The van der Waals surface area contributed by atoms with Crippen molar-refractivity contribution in [2.24, 2.45) is 0 Å². The molecular formula is C19H29N6O3+. The fourth-order valence-electron chi connectivity index (χ4n) is 4.28. The van der Waals surface area contributed by atoms with Crippen LogP contribution in [0.3, 0.4) is 0 Å². The van der Waals surface area contributed by atoms with Crippen LogP contribution in [0.5, 0.6) is 0 Å². The average molecular weight is 389 g/mol. The normalized spacial score (nSPS) is 21.9. The molecule has 1 amide bonds. The molecule has 28 heavy (non-hydrogen) atoms. The second-order valence-corrected chi connectivity index (χ2v) is 7.62. The van der Waals surface area contributed by atoms with Gasteiger partial charge in [-0.3, -0.25) is 4.79 Å². The summed E-state index contributed by atoms with van der Waals surface area (Å²) >= 11 is 0. The van der Waals surface area contributed by atoms with Gasteiger partial charge in [-0.05, 0) is 35.4 Å². The third-order valence-electron chi connectivity index (χ3n) is 5.77. The van der Waals surface area contributed by atoms with E-state index in [0.717, 1.165) is 57.7 Å². The van der Waals surface area contributed by atoms with Crippen LogP contribution in [0.15, 0.2) is 22.8 Å². The number of nitrogens with zero attached hydrogens (tertiary/aromatic N) is 5. The fraction of sp³-hybridized carbons (Fsp3) is 0.684. The van der Waals surface area contributed by atoms with Crippen molar-refractivity contribution in [2.75, 3.05) is 32.8 Å². The third kappa shape index (κ3) is 4.10. The summed E-state index contributed by atoms with van der Waals surface area (Å²) in [5, 5.41) is 12.6. The van der Waals surface area contributed by atoms with Crippen LogP contribution in [0.1, 0.15) is 55.0 Å². The lowest BCUT2D eigenvalue weighted by atomic mass is 10.1. The molecule has 0 bridgehead atoms. The van der Waals surface area contributed by atoms with Gasteiger partial charge in [0.2, 0.25) is 5.82 Å². The van der Waals surface area contributed by atoms with Crippen LogP contribution in [0.25, 0.3) is 0 Å². The molecule has 0 saturated carbocycles. The molecule has 1 N–H and O–H groups in total. The van der Waals surface area contributed by atoms with Crippen LogP contribution < -0.4 is 4.90 Å². The van der Waals surface area contributed by atoms with E-state index in [2.05, 4.69) is 22.4 Å². The van der Waals surface area contributed by atoms with Crippen molar-refractivity contribution in [3.05, 3.63) is 30.0 Å². The molecule has 0 unspecified atom stereocenters. The maximum absolute atomic E-state index is 12.5. The number of furan rings is 1. The summed E-state index contributed by atoms with van der Waals surface area (Å²) < 4.78 is 13.0.